The minimum atomic E-state index is 0.0985. The molecule has 0 aromatic carbocycles. The van der Waals surface area contributed by atoms with Crippen LogP contribution in [0.2, 0.25) is 0 Å². The first-order chi connectivity index (χ1) is 11.5. The molecule has 2 aliphatic heterocycles. The summed E-state index contributed by atoms with van der Waals surface area (Å²) in [6.45, 7) is 6.45. The molecule has 0 aliphatic carbocycles. The third-order valence-electron chi connectivity index (χ3n) is 4.93. The van der Waals surface area contributed by atoms with Crippen molar-refractivity contribution < 1.29 is 9.59 Å². The topological polar surface area (TPSA) is 43.9 Å². The molecule has 7 heteroatoms. The van der Waals surface area contributed by atoms with Gasteiger partial charge in [0.2, 0.25) is 5.91 Å². The number of halogens is 1. The molecule has 2 saturated heterocycles. The number of piperidine rings is 1. The Kier molecular flexibility index (Phi) is 5.94. The summed E-state index contributed by atoms with van der Waals surface area (Å²) in [5, 5.41) is 0. The van der Waals surface area contributed by atoms with Crippen LogP contribution in [0.1, 0.15) is 35.9 Å². The van der Waals surface area contributed by atoms with Crippen molar-refractivity contribution in [3.63, 3.8) is 0 Å². The lowest BCUT2D eigenvalue weighted by molar-refractivity contribution is -0.136. The number of thiophene rings is 1. The number of hydrogen-bond acceptors (Lipinski definition) is 4. The van der Waals surface area contributed by atoms with Crippen molar-refractivity contribution in [1.82, 2.24) is 14.7 Å². The third-order valence-corrected chi connectivity index (χ3v) is 6.54. The first-order valence-electron chi connectivity index (χ1n) is 8.61. The van der Waals surface area contributed by atoms with Crippen LogP contribution in [0.5, 0.6) is 0 Å². The van der Waals surface area contributed by atoms with Crippen molar-refractivity contribution in [2.45, 2.75) is 32.2 Å². The van der Waals surface area contributed by atoms with Gasteiger partial charge in [0.25, 0.3) is 5.91 Å². The number of amides is 2. The Labute approximate surface area is 155 Å². The van der Waals surface area contributed by atoms with Gasteiger partial charge in [-0.05, 0) is 54.2 Å². The monoisotopic (exact) mass is 413 g/mol. The van der Waals surface area contributed by atoms with Crippen LogP contribution in [-0.4, -0.2) is 71.8 Å². The molecule has 3 heterocycles. The highest BCUT2D eigenvalue weighted by Crippen LogP contribution is 2.24. The summed E-state index contributed by atoms with van der Waals surface area (Å²) in [6, 6.07) is 4.14. The standard InChI is InChI=1S/C17H24BrN3O2S/c1-13-4-2-3-7-21(13)16(22)12-19-8-10-20(11-9-19)17(23)14-5-6-15(18)24-14/h5-6,13H,2-4,7-12H2,1H3. The van der Waals surface area contributed by atoms with Gasteiger partial charge in [-0.3, -0.25) is 14.5 Å². The molecule has 0 radical (unpaired) electrons. The van der Waals surface area contributed by atoms with Gasteiger partial charge in [0, 0.05) is 38.8 Å². The molecule has 0 spiro atoms. The van der Waals surface area contributed by atoms with E-state index in [0.29, 0.717) is 25.7 Å². The highest BCUT2D eigenvalue weighted by molar-refractivity contribution is 9.11. The molecule has 24 heavy (non-hydrogen) atoms. The summed E-state index contributed by atoms with van der Waals surface area (Å²) in [5.74, 6) is 0.338. The summed E-state index contributed by atoms with van der Waals surface area (Å²) in [7, 11) is 0. The molecule has 0 saturated carbocycles. The summed E-state index contributed by atoms with van der Waals surface area (Å²) in [5.41, 5.74) is 0. The number of likely N-dealkylation sites (tertiary alicyclic amines) is 1. The second kappa shape index (κ2) is 7.97. The maximum atomic E-state index is 12.5. The van der Waals surface area contributed by atoms with E-state index in [9.17, 15) is 9.59 Å². The van der Waals surface area contributed by atoms with Gasteiger partial charge in [-0.1, -0.05) is 0 Å². The largest absolute Gasteiger partial charge is 0.339 e. The normalized spacial score (nSPS) is 22.7. The number of piperazine rings is 1. The van der Waals surface area contributed by atoms with Crippen LogP contribution < -0.4 is 0 Å². The minimum Gasteiger partial charge on any atom is -0.339 e. The predicted molar refractivity (Wildman–Crippen MR) is 99.4 cm³/mol. The van der Waals surface area contributed by atoms with Crippen LogP contribution in [0.25, 0.3) is 0 Å². The molecular formula is C17H24BrN3O2S. The van der Waals surface area contributed by atoms with E-state index in [1.54, 1.807) is 0 Å². The van der Waals surface area contributed by atoms with E-state index >= 15 is 0 Å². The van der Waals surface area contributed by atoms with Gasteiger partial charge in [-0.15, -0.1) is 11.3 Å². The van der Waals surface area contributed by atoms with E-state index in [0.717, 1.165) is 41.1 Å². The summed E-state index contributed by atoms with van der Waals surface area (Å²) < 4.78 is 0.978. The average Bonchev–Trinajstić information content (AvgIpc) is 3.02. The van der Waals surface area contributed by atoms with Crippen LogP contribution in [0.3, 0.4) is 0 Å². The Morgan fingerprint density at radius 1 is 1.17 bits per heavy atom. The van der Waals surface area contributed by atoms with Crippen molar-refractivity contribution in [3.05, 3.63) is 20.8 Å². The van der Waals surface area contributed by atoms with Crippen LogP contribution in [0, 0.1) is 0 Å². The van der Waals surface area contributed by atoms with Crippen molar-refractivity contribution in [1.29, 1.82) is 0 Å². The molecule has 0 bridgehead atoms. The fourth-order valence-electron chi connectivity index (χ4n) is 3.44. The second-order valence-corrected chi connectivity index (χ2v) is 9.07. The van der Waals surface area contributed by atoms with E-state index < -0.39 is 0 Å². The van der Waals surface area contributed by atoms with E-state index in [1.807, 2.05) is 21.9 Å². The van der Waals surface area contributed by atoms with Gasteiger partial charge >= 0.3 is 0 Å². The molecule has 1 aromatic heterocycles. The maximum Gasteiger partial charge on any atom is 0.264 e. The Morgan fingerprint density at radius 2 is 1.92 bits per heavy atom. The van der Waals surface area contributed by atoms with Gasteiger partial charge in [0.05, 0.1) is 15.2 Å². The summed E-state index contributed by atoms with van der Waals surface area (Å²) in [4.78, 5) is 31.8. The van der Waals surface area contributed by atoms with Gasteiger partial charge in [0.15, 0.2) is 0 Å². The fraction of sp³-hybridized carbons (Fsp3) is 0.647. The molecule has 1 aromatic rings. The zero-order valence-electron chi connectivity index (χ0n) is 14.0. The van der Waals surface area contributed by atoms with Crippen molar-refractivity contribution in [2.24, 2.45) is 0 Å². The molecule has 1 atom stereocenters. The molecule has 5 nitrogen and oxygen atoms in total. The number of carbonyl (C=O) groups is 2. The Bertz CT molecular complexity index is 598. The lowest BCUT2D eigenvalue weighted by Gasteiger charge is -2.38. The molecule has 0 N–H and O–H groups in total. The van der Waals surface area contributed by atoms with Gasteiger partial charge in [-0.2, -0.15) is 0 Å². The number of carbonyl (C=O) groups excluding carboxylic acids is 2. The Balaban J connectivity index is 1.48. The first kappa shape index (κ1) is 17.9. The number of rotatable bonds is 3. The number of nitrogens with zero attached hydrogens (tertiary/aromatic N) is 3. The van der Waals surface area contributed by atoms with Crippen molar-refractivity contribution in [3.8, 4) is 0 Å². The Morgan fingerprint density at radius 3 is 2.54 bits per heavy atom. The molecule has 2 amide bonds. The molecule has 2 fully saturated rings. The van der Waals surface area contributed by atoms with E-state index in [1.165, 1.54) is 17.8 Å². The van der Waals surface area contributed by atoms with Crippen LogP contribution in [-0.2, 0) is 4.79 Å². The summed E-state index contributed by atoms with van der Waals surface area (Å²) in [6.07, 6.45) is 3.46. The first-order valence-corrected chi connectivity index (χ1v) is 10.2. The smallest absolute Gasteiger partial charge is 0.264 e. The zero-order valence-corrected chi connectivity index (χ0v) is 16.4. The second-order valence-electron chi connectivity index (χ2n) is 6.60. The van der Waals surface area contributed by atoms with Crippen LogP contribution in [0.4, 0.5) is 0 Å². The third kappa shape index (κ3) is 4.18. The minimum absolute atomic E-state index is 0.0985. The maximum absolute atomic E-state index is 12.5. The molecule has 132 valence electrons. The van der Waals surface area contributed by atoms with Crippen molar-refractivity contribution in [2.75, 3.05) is 39.3 Å². The molecule has 3 rings (SSSR count). The average molecular weight is 414 g/mol. The van der Waals surface area contributed by atoms with E-state index in [2.05, 4.69) is 27.8 Å². The zero-order chi connectivity index (χ0) is 17.1. The van der Waals surface area contributed by atoms with Gasteiger partial charge in [-0.25, -0.2) is 0 Å². The van der Waals surface area contributed by atoms with Crippen LogP contribution in [0.15, 0.2) is 15.9 Å². The lowest BCUT2D eigenvalue weighted by Crippen LogP contribution is -2.53. The fourth-order valence-corrected chi connectivity index (χ4v) is 4.80. The lowest BCUT2D eigenvalue weighted by atomic mass is 10.0. The van der Waals surface area contributed by atoms with Crippen molar-refractivity contribution >= 4 is 39.1 Å². The Hall–Kier alpha value is -0.920. The number of hydrogen-bond donors (Lipinski definition) is 0. The summed E-state index contributed by atoms with van der Waals surface area (Å²) >= 11 is 4.87. The highest BCUT2D eigenvalue weighted by Gasteiger charge is 2.27. The van der Waals surface area contributed by atoms with E-state index in [-0.39, 0.29) is 11.8 Å². The quantitative estimate of drug-likeness (QED) is 0.764. The molecular weight excluding hydrogens is 390 g/mol. The molecule has 1 unspecified atom stereocenters. The van der Waals surface area contributed by atoms with Gasteiger partial charge in [0.1, 0.15) is 0 Å². The van der Waals surface area contributed by atoms with E-state index in [4.69, 9.17) is 0 Å². The highest BCUT2D eigenvalue weighted by atomic mass is 79.9. The molecule has 2 aliphatic rings. The van der Waals surface area contributed by atoms with Gasteiger partial charge < -0.3 is 9.80 Å². The predicted octanol–water partition coefficient (Wildman–Crippen LogP) is 2.67. The SMILES string of the molecule is CC1CCCCN1C(=O)CN1CCN(C(=O)c2ccc(Br)s2)CC1. The van der Waals surface area contributed by atoms with Crippen LogP contribution >= 0.6 is 27.3 Å².